The first-order chi connectivity index (χ1) is 11.3. The number of rotatable bonds is 4. The minimum atomic E-state index is -1.15. The van der Waals surface area contributed by atoms with Gasteiger partial charge in [0, 0.05) is 12.2 Å². The van der Waals surface area contributed by atoms with Gasteiger partial charge in [0.05, 0.1) is 23.1 Å². The van der Waals surface area contributed by atoms with Crippen molar-refractivity contribution in [1.82, 2.24) is 0 Å². The van der Waals surface area contributed by atoms with E-state index in [1.807, 2.05) is 26.0 Å². The summed E-state index contributed by atoms with van der Waals surface area (Å²) in [6.45, 7) is 3.95. The van der Waals surface area contributed by atoms with Crippen molar-refractivity contribution in [3.05, 3.63) is 63.7 Å². The van der Waals surface area contributed by atoms with Crippen LogP contribution in [-0.2, 0) is 0 Å². The number of hydrogen-bond donors (Lipinski definition) is 0. The Balaban J connectivity index is 2.48. The third kappa shape index (κ3) is 3.72. The first-order valence-corrected chi connectivity index (χ1v) is 7.63. The highest BCUT2D eigenvalue weighted by molar-refractivity contribution is 6.34. The number of benzene rings is 2. The van der Waals surface area contributed by atoms with E-state index in [1.54, 1.807) is 12.1 Å². The third-order valence-corrected chi connectivity index (χ3v) is 4.05. The maximum absolute atomic E-state index is 13.5. The summed E-state index contributed by atoms with van der Waals surface area (Å²) in [4.78, 5) is 14.1. The summed E-state index contributed by atoms with van der Waals surface area (Å²) in [5, 5.41) is 8.65. The van der Waals surface area contributed by atoms with E-state index in [-0.39, 0.29) is 23.6 Å². The molecule has 0 heterocycles. The highest BCUT2D eigenvalue weighted by Crippen LogP contribution is 2.26. The minimum absolute atomic E-state index is 0.0972. The molecule has 0 aliphatic heterocycles. The van der Waals surface area contributed by atoms with Crippen LogP contribution in [0.25, 0.3) is 0 Å². The van der Waals surface area contributed by atoms with Gasteiger partial charge in [0.2, 0.25) is 0 Å². The van der Waals surface area contributed by atoms with Gasteiger partial charge in [0.1, 0.15) is 0 Å². The molecule has 0 bridgehead atoms. The van der Waals surface area contributed by atoms with Gasteiger partial charge in [-0.3, -0.25) is 4.79 Å². The molecule has 2 aromatic rings. The zero-order valence-corrected chi connectivity index (χ0v) is 14.0. The molecule has 0 aliphatic rings. The second-order valence-corrected chi connectivity index (χ2v) is 5.79. The predicted octanol–water partition coefficient (Wildman–Crippen LogP) is 4.80. The average molecular weight is 349 g/mol. The molecule has 0 spiro atoms. The van der Waals surface area contributed by atoms with Gasteiger partial charge in [0.15, 0.2) is 11.6 Å². The summed E-state index contributed by atoms with van der Waals surface area (Å²) < 4.78 is 26.7. The van der Waals surface area contributed by atoms with Gasteiger partial charge in [0.25, 0.3) is 5.91 Å². The third-order valence-electron chi connectivity index (χ3n) is 3.73. The van der Waals surface area contributed by atoms with E-state index >= 15 is 0 Å². The standard InChI is InChI=1S/C18H15ClF2N2O/c1-11-4-5-13(8-12(11)2)23(7-3-6-22)18(24)14-9-16(20)17(21)10-15(14)19/h4-5,8-10H,3,7H2,1-2H3. The molecule has 6 heteroatoms. The lowest BCUT2D eigenvalue weighted by molar-refractivity contribution is 0.0987. The zero-order valence-electron chi connectivity index (χ0n) is 13.2. The Kier molecular flexibility index (Phi) is 5.53. The number of hydrogen-bond acceptors (Lipinski definition) is 2. The topological polar surface area (TPSA) is 44.1 Å². The van der Waals surface area contributed by atoms with Crippen molar-refractivity contribution in [1.29, 1.82) is 5.26 Å². The Morgan fingerprint density at radius 2 is 1.83 bits per heavy atom. The van der Waals surface area contributed by atoms with E-state index in [1.165, 1.54) is 4.90 Å². The SMILES string of the molecule is Cc1ccc(N(CCC#N)C(=O)c2cc(F)c(F)cc2Cl)cc1C. The van der Waals surface area contributed by atoms with Gasteiger partial charge in [-0.2, -0.15) is 5.26 Å². The molecule has 0 saturated carbocycles. The molecule has 0 radical (unpaired) electrons. The second-order valence-electron chi connectivity index (χ2n) is 5.38. The molecule has 0 aliphatic carbocycles. The van der Waals surface area contributed by atoms with E-state index in [9.17, 15) is 13.6 Å². The van der Waals surface area contributed by atoms with Crippen LogP contribution in [0.1, 0.15) is 27.9 Å². The second kappa shape index (κ2) is 7.41. The molecule has 3 nitrogen and oxygen atoms in total. The van der Waals surface area contributed by atoms with Gasteiger partial charge in [-0.1, -0.05) is 17.7 Å². The van der Waals surface area contributed by atoms with Crippen molar-refractivity contribution in [2.45, 2.75) is 20.3 Å². The van der Waals surface area contributed by atoms with E-state index < -0.39 is 17.5 Å². The van der Waals surface area contributed by atoms with Crippen molar-refractivity contribution in [3.8, 4) is 6.07 Å². The number of carbonyl (C=O) groups is 1. The molecular weight excluding hydrogens is 334 g/mol. The number of nitriles is 1. The molecule has 124 valence electrons. The lowest BCUT2D eigenvalue weighted by atomic mass is 10.1. The number of anilines is 1. The monoisotopic (exact) mass is 348 g/mol. The molecule has 0 aromatic heterocycles. The van der Waals surface area contributed by atoms with Gasteiger partial charge >= 0.3 is 0 Å². The molecular formula is C18H15ClF2N2O. The predicted molar refractivity (Wildman–Crippen MR) is 89.2 cm³/mol. The van der Waals surface area contributed by atoms with E-state index in [4.69, 9.17) is 16.9 Å². The normalized spacial score (nSPS) is 10.3. The molecule has 24 heavy (non-hydrogen) atoms. The minimum Gasteiger partial charge on any atom is -0.307 e. The summed E-state index contributed by atoms with van der Waals surface area (Å²) in [6, 6.07) is 8.92. The maximum atomic E-state index is 13.5. The van der Waals surface area contributed by atoms with Crippen LogP contribution in [0.3, 0.4) is 0 Å². The smallest absolute Gasteiger partial charge is 0.259 e. The molecule has 0 saturated heterocycles. The number of amides is 1. The van der Waals surface area contributed by atoms with Crippen LogP contribution in [0.5, 0.6) is 0 Å². The van der Waals surface area contributed by atoms with Crippen LogP contribution in [0.4, 0.5) is 14.5 Å². The zero-order chi connectivity index (χ0) is 17.9. The maximum Gasteiger partial charge on any atom is 0.259 e. The Morgan fingerprint density at radius 3 is 2.46 bits per heavy atom. The van der Waals surface area contributed by atoms with E-state index in [0.717, 1.165) is 23.3 Å². The fourth-order valence-electron chi connectivity index (χ4n) is 2.24. The molecule has 0 N–H and O–H groups in total. The fraction of sp³-hybridized carbons (Fsp3) is 0.222. The quantitative estimate of drug-likeness (QED) is 0.745. The van der Waals surface area contributed by atoms with Gasteiger partial charge in [-0.05, 0) is 49.2 Å². The molecule has 2 aromatic carbocycles. The highest BCUT2D eigenvalue weighted by atomic mass is 35.5. The molecule has 0 fully saturated rings. The lowest BCUT2D eigenvalue weighted by Gasteiger charge is -2.23. The summed E-state index contributed by atoms with van der Waals surface area (Å²) >= 11 is 5.90. The summed E-state index contributed by atoms with van der Waals surface area (Å²) in [5.74, 6) is -2.85. The van der Waals surface area contributed by atoms with Crippen molar-refractivity contribution in [3.63, 3.8) is 0 Å². The van der Waals surface area contributed by atoms with Gasteiger partial charge in [-0.15, -0.1) is 0 Å². The lowest BCUT2D eigenvalue weighted by Crippen LogP contribution is -2.32. The summed E-state index contributed by atoms with van der Waals surface area (Å²) in [6.07, 6.45) is 0.0972. The van der Waals surface area contributed by atoms with Crippen LogP contribution < -0.4 is 4.90 Å². The Morgan fingerprint density at radius 1 is 1.17 bits per heavy atom. The van der Waals surface area contributed by atoms with Crippen LogP contribution in [-0.4, -0.2) is 12.5 Å². The molecule has 0 unspecified atom stereocenters. The van der Waals surface area contributed by atoms with Crippen molar-refractivity contribution in [2.24, 2.45) is 0 Å². The van der Waals surface area contributed by atoms with Gasteiger partial charge < -0.3 is 4.90 Å². The number of aryl methyl sites for hydroxylation is 2. The van der Waals surface area contributed by atoms with Crippen molar-refractivity contribution < 1.29 is 13.6 Å². The summed E-state index contributed by atoms with van der Waals surface area (Å²) in [7, 11) is 0. The van der Waals surface area contributed by atoms with Crippen LogP contribution in [0.15, 0.2) is 30.3 Å². The van der Waals surface area contributed by atoms with Gasteiger partial charge in [-0.25, -0.2) is 8.78 Å². The Labute approximate surface area is 144 Å². The number of carbonyl (C=O) groups excluding carboxylic acids is 1. The first kappa shape index (κ1) is 17.9. The molecule has 1 amide bonds. The van der Waals surface area contributed by atoms with E-state index in [0.29, 0.717) is 5.69 Å². The Hall–Kier alpha value is -2.45. The largest absolute Gasteiger partial charge is 0.307 e. The first-order valence-electron chi connectivity index (χ1n) is 7.25. The highest BCUT2D eigenvalue weighted by Gasteiger charge is 2.22. The van der Waals surface area contributed by atoms with Crippen LogP contribution in [0.2, 0.25) is 5.02 Å². The number of nitrogens with zero attached hydrogens (tertiary/aromatic N) is 2. The van der Waals surface area contributed by atoms with Crippen LogP contribution in [0, 0.1) is 36.8 Å². The van der Waals surface area contributed by atoms with Crippen molar-refractivity contribution >= 4 is 23.2 Å². The molecule has 0 atom stereocenters. The van der Waals surface area contributed by atoms with E-state index in [2.05, 4.69) is 0 Å². The molecule has 2 rings (SSSR count). The summed E-state index contributed by atoms with van der Waals surface area (Å²) in [5.41, 5.74) is 2.45. The van der Waals surface area contributed by atoms with Crippen LogP contribution >= 0.6 is 11.6 Å². The fourth-order valence-corrected chi connectivity index (χ4v) is 2.47. The average Bonchev–Trinajstić information content (AvgIpc) is 2.54. The van der Waals surface area contributed by atoms with Crippen molar-refractivity contribution in [2.75, 3.05) is 11.4 Å². The Bertz CT molecular complexity index is 830. The number of halogens is 3.